The predicted molar refractivity (Wildman–Crippen MR) is 37.9 cm³/mol. The molecule has 1 amide bonds. The SMILES string of the molecule is COCC(O)COCC(N)=O. The summed E-state index contributed by atoms with van der Waals surface area (Å²) >= 11 is 0. The molecule has 0 saturated heterocycles. The van der Waals surface area contributed by atoms with Gasteiger partial charge in [-0.05, 0) is 0 Å². The zero-order valence-corrected chi connectivity index (χ0v) is 6.45. The lowest BCUT2D eigenvalue weighted by molar-refractivity contribution is -0.123. The summed E-state index contributed by atoms with van der Waals surface area (Å²) < 4.78 is 9.32. The minimum atomic E-state index is -0.695. The molecular formula is C6H13NO4. The second-order valence-corrected chi connectivity index (χ2v) is 2.09. The molecule has 1 atom stereocenters. The van der Waals surface area contributed by atoms with Crippen molar-refractivity contribution < 1.29 is 19.4 Å². The predicted octanol–water partition coefficient (Wildman–Crippen LogP) is -1.50. The number of nitrogens with two attached hydrogens (primary N) is 1. The molecule has 0 fully saturated rings. The summed E-state index contributed by atoms with van der Waals surface area (Å²) in [5.41, 5.74) is 4.78. The van der Waals surface area contributed by atoms with Crippen LogP contribution in [0.15, 0.2) is 0 Å². The fourth-order valence-electron chi connectivity index (χ4n) is 0.536. The Hall–Kier alpha value is -0.650. The molecule has 0 bridgehead atoms. The van der Waals surface area contributed by atoms with Crippen molar-refractivity contribution >= 4 is 5.91 Å². The Morgan fingerprint density at radius 3 is 2.73 bits per heavy atom. The van der Waals surface area contributed by atoms with Crippen LogP contribution in [0.5, 0.6) is 0 Å². The van der Waals surface area contributed by atoms with E-state index in [4.69, 9.17) is 15.6 Å². The number of amides is 1. The monoisotopic (exact) mass is 163 g/mol. The van der Waals surface area contributed by atoms with Gasteiger partial charge in [-0.15, -0.1) is 0 Å². The molecule has 0 aliphatic heterocycles. The molecule has 0 aromatic carbocycles. The lowest BCUT2D eigenvalue weighted by Crippen LogP contribution is -2.25. The highest BCUT2D eigenvalue weighted by atomic mass is 16.5. The molecule has 0 radical (unpaired) electrons. The normalized spacial score (nSPS) is 12.9. The zero-order chi connectivity index (χ0) is 8.69. The van der Waals surface area contributed by atoms with Gasteiger partial charge in [0.2, 0.25) is 5.91 Å². The van der Waals surface area contributed by atoms with Crippen LogP contribution in [0.3, 0.4) is 0 Å². The number of ether oxygens (including phenoxy) is 2. The van der Waals surface area contributed by atoms with Crippen molar-refractivity contribution in [2.75, 3.05) is 26.9 Å². The van der Waals surface area contributed by atoms with Gasteiger partial charge in [-0.2, -0.15) is 0 Å². The van der Waals surface area contributed by atoms with Gasteiger partial charge in [-0.25, -0.2) is 0 Å². The zero-order valence-electron chi connectivity index (χ0n) is 6.45. The van der Waals surface area contributed by atoms with E-state index in [0.717, 1.165) is 0 Å². The molecule has 0 aromatic heterocycles. The molecule has 66 valence electrons. The van der Waals surface area contributed by atoms with E-state index >= 15 is 0 Å². The summed E-state index contributed by atoms with van der Waals surface area (Å²) in [5.74, 6) is -0.547. The van der Waals surface area contributed by atoms with Crippen molar-refractivity contribution in [2.24, 2.45) is 5.73 Å². The highest BCUT2D eigenvalue weighted by molar-refractivity contribution is 5.74. The summed E-state index contributed by atoms with van der Waals surface area (Å²) in [4.78, 5) is 10.1. The van der Waals surface area contributed by atoms with Gasteiger partial charge in [0.25, 0.3) is 0 Å². The number of hydrogen-bond donors (Lipinski definition) is 2. The van der Waals surface area contributed by atoms with E-state index in [1.165, 1.54) is 7.11 Å². The first-order valence-electron chi connectivity index (χ1n) is 3.20. The maximum atomic E-state index is 10.1. The molecule has 11 heavy (non-hydrogen) atoms. The number of methoxy groups -OCH3 is 1. The average molecular weight is 163 g/mol. The summed E-state index contributed by atoms with van der Waals surface area (Å²) in [6, 6.07) is 0. The van der Waals surface area contributed by atoms with Gasteiger partial charge in [0.1, 0.15) is 12.7 Å². The smallest absolute Gasteiger partial charge is 0.243 e. The first-order valence-corrected chi connectivity index (χ1v) is 3.20. The average Bonchev–Trinajstić information content (AvgIpc) is 1.87. The minimum Gasteiger partial charge on any atom is -0.388 e. The van der Waals surface area contributed by atoms with Gasteiger partial charge in [0.15, 0.2) is 0 Å². The maximum Gasteiger partial charge on any atom is 0.243 e. The highest BCUT2D eigenvalue weighted by Crippen LogP contribution is 1.85. The first-order chi connectivity index (χ1) is 5.16. The number of primary amides is 1. The van der Waals surface area contributed by atoms with E-state index < -0.39 is 12.0 Å². The Morgan fingerprint density at radius 1 is 1.64 bits per heavy atom. The standard InChI is InChI=1S/C6H13NO4/c1-10-2-5(8)3-11-4-6(7)9/h5,8H,2-4H2,1H3,(H2,7,9). The fourth-order valence-corrected chi connectivity index (χ4v) is 0.536. The summed E-state index contributed by atoms with van der Waals surface area (Å²) in [7, 11) is 1.47. The van der Waals surface area contributed by atoms with Gasteiger partial charge in [0.05, 0.1) is 13.2 Å². The number of hydrogen-bond acceptors (Lipinski definition) is 4. The number of aliphatic hydroxyl groups excluding tert-OH is 1. The lowest BCUT2D eigenvalue weighted by atomic mass is 10.4. The van der Waals surface area contributed by atoms with Crippen molar-refractivity contribution in [3.8, 4) is 0 Å². The largest absolute Gasteiger partial charge is 0.388 e. The lowest BCUT2D eigenvalue weighted by Gasteiger charge is -2.08. The van der Waals surface area contributed by atoms with Crippen LogP contribution in [0.25, 0.3) is 0 Å². The van der Waals surface area contributed by atoms with Gasteiger partial charge >= 0.3 is 0 Å². The van der Waals surface area contributed by atoms with E-state index in [1.807, 2.05) is 0 Å². The van der Waals surface area contributed by atoms with Crippen LogP contribution in [0, 0.1) is 0 Å². The second kappa shape index (κ2) is 6.09. The van der Waals surface area contributed by atoms with Crippen molar-refractivity contribution in [1.29, 1.82) is 0 Å². The molecule has 0 saturated carbocycles. The van der Waals surface area contributed by atoms with Gasteiger partial charge in [-0.1, -0.05) is 0 Å². The summed E-state index contributed by atoms with van der Waals surface area (Å²) in [6.07, 6.45) is -0.695. The molecule has 5 nitrogen and oxygen atoms in total. The summed E-state index contributed by atoms with van der Waals surface area (Å²) in [6.45, 7) is 0.0936. The molecule has 0 aliphatic rings. The van der Waals surface area contributed by atoms with Gasteiger partial charge in [0, 0.05) is 7.11 Å². The van der Waals surface area contributed by atoms with Crippen molar-refractivity contribution in [3.05, 3.63) is 0 Å². The number of aliphatic hydroxyl groups is 1. The van der Waals surface area contributed by atoms with E-state index in [2.05, 4.69) is 4.74 Å². The molecule has 0 aromatic rings. The van der Waals surface area contributed by atoms with Gasteiger partial charge in [-0.3, -0.25) is 4.79 Å². The van der Waals surface area contributed by atoms with Gasteiger partial charge < -0.3 is 20.3 Å². The molecule has 0 aliphatic carbocycles. The van der Waals surface area contributed by atoms with Crippen molar-refractivity contribution in [1.82, 2.24) is 0 Å². The molecular weight excluding hydrogens is 150 g/mol. The van der Waals surface area contributed by atoms with E-state index in [-0.39, 0.29) is 19.8 Å². The molecule has 0 spiro atoms. The Balaban J connectivity index is 3.16. The second-order valence-electron chi connectivity index (χ2n) is 2.09. The van der Waals surface area contributed by atoms with Crippen LogP contribution in [-0.2, 0) is 14.3 Å². The third-order valence-electron chi connectivity index (χ3n) is 0.914. The number of carbonyl (C=O) groups is 1. The van der Waals surface area contributed by atoms with Crippen molar-refractivity contribution in [3.63, 3.8) is 0 Å². The Morgan fingerprint density at radius 2 is 2.27 bits per heavy atom. The summed E-state index contributed by atoms with van der Waals surface area (Å²) in [5, 5.41) is 8.96. The third-order valence-corrected chi connectivity index (χ3v) is 0.914. The molecule has 3 N–H and O–H groups in total. The van der Waals surface area contributed by atoms with E-state index in [9.17, 15) is 4.79 Å². The van der Waals surface area contributed by atoms with Crippen LogP contribution in [-0.4, -0.2) is 44.0 Å². The van der Waals surface area contributed by atoms with Crippen molar-refractivity contribution in [2.45, 2.75) is 6.10 Å². The van der Waals surface area contributed by atoms with Crippen LogP contribution in [0.2, 0.25) is 0 Å². The third kappa shape index (κ3) is 7.24. The Kier molecular flexibility index (Phi) is 5.73. The molecule has 0 heterocycles. The highest BCUT2D eigenvalue weighted by Gasteiger charge is 2.03. The van der Waals surface area contributed by atoms with Crippen LogP contribution in [0.1, 0.15) is 0 Å². The molecule has 0 rings (SSSR count). The van der Waals surface area contributed by atoms with Crippen LogP contribution < -0.4 is 5.73 Å². The van der Waals surface area contributed by atoms with Crippen LogP contribution >= 0.6 is 0 Å². The molecule has 5 heteroatoms. The minimum absolute atomic E-state index is 0.0662. The fraction of sp³-hybridized carbons (Fsp3) is 0.833. The van der Waals surface area contributed by atoms with E-state index in [0.29, 0.717) is 0 Å². The van der Waals surface area contributed by atoms with E-state index in [1.54, 1.807) is 0 Å². The topological polar surface area (TPSA) is 81.8 Å². The Bertz CT molecular complexity index is 117. The number of rotatable bonds is 6. The maximum absolute atomic E-state index is 10.1. The Labute approximate surface area is 65.1 Å². The number of carbonyl (C=O) groups excluding carboxylic acids is 1. The quantitative estimate of drug-likeness (QED) is 0.499. The molecule has 1 unspecified atom stereocenters. The first kappa shape index (κ1) is 10.3. The van der Waals surface area contributed by atoms with Crippen LogP contribution in [0.4, 0.5) is 0 Å².